The summed E-state index contributed by atoms with van der Waals surface area (Å²) in [5, 5.41) is 3.32. The van der Waals surface area contributed by atoms with Crippen LogP contribution in [0.3, 0.4) is 0 Å². The molecule has 0 bridgehead atoms. The van der Waals surface area contributed by atoms with Gasteiger partial charge >= 0.3 is 0 Å². The summed E-state index contributed by atoms with van der Waals surface area (Å²) in [6.45, 7) is 7.18. The Morgan fingerprint density at radius 1 is 1.03 bits per heavy atom. The fourth-order valence-corrected chi connectivity index (χ4v) is 3.01. The molecule has 5 heteroatoms. The number of nitrogens with zero attached hydrogens (tertiary/aromatic N) is 2. The van der Waals surface area contributed by atoms with Crippen LogP contribution in [0.1, 0.15) is 36.8 Å². The predicted molar refractivity (Wildman–Crippen MR) is 117 cm³/mol. The van der Waals surface area contributed by atoms with Crippen LogP contribution in [-0.2, 0) is 6.54 Å². The van der Waals surface area contributed by atoms with E-state index in [-0.39, 0.29) is 11.9 Å². The normalized spacial score (nSPS) is 10.6. The van der Waals surface area contributed by atoms with Crippen molar-refractivity contribution in [3.63, 3.8) is 0 Å². The van der Waals surface area contributed by atoms with Crippen LogP contribution in [0.2, 0.25) is 0 Å². The number of ether oxygens (including phenoxy) is 1. The first-order valence-electron chi connectivity index (χ1n) is 9.87. The maximum absolute atomic E-state index is 13.1. The monoisotopic (exact) mass is 389 g/mol. The Bertz CT molecular complexity index is 924. The molecule has 1 N–H and O–H groups in total. The molecular formula is C24H27N3O2. The molecule has 0 unspecified atom stereocenters. The van der Waals surface area contributed by atoms with Gasteiger partial charge in [-0.05, 0) is 62.7 Å². The molecule has 3 rings (SSSR count). The van der Waals surface area contributed by atoms with E-state index in [1.165, 1.54) is 0 Å². The highest BCUT2D eigenvalue weighted by atomic mass is 16.5. The fourth-order valence-electron chi connectivity index (χ4n) is 3.01. The van der Waals surface area contributed by atoms with E-state index in [0.29, 0.717) is 18.8 Å². The van der Waals surface area contributed by atoms with Crippen molar-refractivity contribution in [1.82, 2.24) is 9.88 Å². The fraction of sp³-hybridized carbons (Fsp3) is 0.250. The van der Waals surface area contributed by atoms with Gasteiger partial charge < -0.3 is 15.0 Å². The zero-order valence-corrected chi connectivity index (χ0v) is 17.1. The van der Waals surface area contributed by atoms with Crippen LogP contribution < -0.4 is 10.1 Å². The molecule has 1 aromatic heterocycles. The lowest BCUT2D eigenvalue weighted by molar-refractivity contribution is 0.0684. The van der Waals surface area contributed by atoms with Crippen molar-refractivity contribution in [1.29, 1.82) is 0 Å². The molecule has 0 aliphatic rings. The molecule has 3 aromatic rings. The predicted octanol–water partition coefficient (Wildman–Crippen LogP) is 5.27. The van der Waals surface area contributed by atoms with Gasteiger partial charge in [0, 0.05) is 30.2 Å². The van der Waals surface area contributed by atoms with Crippen molar-refractivity contribution in [3.05, 3.63) is 84.2 Å². The molecule has 0 spiro atoms. The first kappa shape index (κ1) is 20.4. The van der Waals surface area contributed by atoms with Gasteiger partial charge in [-0.15, -0.1) is 0 Å². The number of amides is 1. The molecule has 1 heterocycles. The maximum atomic E-state index is 13.1. The summed E-state index contributed by atoms with van der Waals surface area (Å²) in [5.41, 5.74) is 3.25. The molecule has 0 fully saturated rings. The van der Waals surface area contributed by atoms with Crippen LogP contribution in [0.15, 0.2) is 72.9 Å². The van der Waals surface area contributed by atoms with Crippen LogP contribution in [-0.4, -0.2) is 28.4 Å². The van der Waals surface area contributed by atoms with Gasteiger partial charge in [-0.2, -0.15) is 0 Å². The number of carbonyl (C=O) groups excluding carboxylic acids is 1. The summed E-state index contributed by atoms with van der Waals surface area (Å²) < 4.78 is 5.47. The van der Waals surface area contributed by atoms with E-state index in [2.05, 4.69) is 10.3 Å². The van der Waals surface area contributed by atoms with Crippen LogP contribution in [0.4, 0.5) is 11.4 Å². The highest BCUT2D eigenvalue weighted by Crippen LogP contribution is 2.21. The first-order chi connectivity index (χ1) is 14.1. The minimum absolute atomic E-state index is 0.0623. The zero-order chi connectivity index (χ0) is 20.6. The van der Waals surface area contributed by atoms with Crippen LogP contribution in [0.5, 0.6) is 5.75 Å². The summed E-state index contributed by atoms with van der Waals surface area (Å²) >= 11 is 0. The Morgan fingerprint density at radius 3 is 2.41 bits per heavy atom. The molecular weight excluding hydrogens is 362 g/mol. The maximum Gasteiger partial charge on any atom is 0.273 e. The Morgan fingerprint density at radius 2 is 1.76 bits per heavy atom. The van der Waals surface area contributed by atoms with Gasteiger partial charge in [-0.1, -0.05) is 30.3 Å². The lowest BCUT2D eigenvalue weighted by Crippen LogP contribution is -2.36. The van der Waals surface area contributed by atoms with E-state index < -0.39 is 0 Å². The number of aromatic nitrogens is 1. The van der Waals surface area contributed by atoms with Crippen molar-refractivity contribution in [3.8, 4) is 5.75 Å². The van der Waals surface area contributed by atoms with Gasteiger partial charge in [0.1, 0.15) is 11.4 Å². The molecule has 29 heavy (non-hydrogen) atoms. The third kappa shape index (κ3) is 5.57. The van der Waals surface area contributed by atoms with E-state index in [4.69, 9.17) is 4.74 Å². The summed E-state index contributed by atoms with van der Waals surface area (Å²) in [4.78, 5) is 19.3. The molecule has 0 aliphatic heterocycles. The molecule has 150 valence electrons. The number of pyridine rings is 1. The smallest absolute Gasteiger partial charge is 0.273 e. The quantitative estimate of drug-likeness (QED) is 0.570. The van der Waals surface area contributed by atoms with Crippen molar-refractivity contribution >= 4 is 17.3 Å². The average molecular weight is 389 g/mol. The van der Waals surface area contributed by atoms with E-state index in [9.17, 15) is 4.79 Å². The molecule has 0 radical (unpaired) electrons. The number of hydrogen-bond acceptors (Lipinski definition) is 4. The summed E-state index contributed by atoms with van der Waals surface area (Å²) in [5.74, 6) is 0.747. The molecule has 0 atom stereocenters. The lowest BCUT2D eigenvalue weighted by Gasteiger charge is -2.26. The highest BCUT2D eigenvalue weighted by Gasteiger charge is 2.20. The van der Waals surface area contributed by atoms with E-state index in [1.54, 1.807) is 12.3 Å². The van der Waals surface area contributed by atoms with Crippen molar-refractivity contribution in [2.45, 2.75) is 33.4 Å². The van der Waals surface area contributed by atoms with E-state index in [0.717, 1.165) is 22.7 Å². The SMILES string of the molecule is CCOc1ccc(Nc2ccnc(C(=O)N(Cc3ccccc3)C(C)C)c2)cc1. The molecule has 2 aromatic carbocycles. The first-order valence-corrected chi connectivity index (χ1v) is 9.87. The van der Waals surface area contributed by atoms with Crippen LogP contribution >= 0.6 is 0 Å². The topological polar surface area (TPSA) is 54.5 Å². The number of hydrogen-bond donors (Lipinski definition) is 1. The third-order valence-corrected chi connectivity index (χ3v) is 4.51. The number of benzene rings is 2. The van der Waals surface area contributed by atoms with Crippen LogP contribution in [0, 0.1) is 0 Å². The molecule has 0 saturated carbocycles. The van der Waals surface area contributed by atoms with Gasteiger partial charge in [0.25, 0.3) is 5.91 Å². The van der Waals surface area contributed by atoms with Gasteiger partial charge in [-0.3, -0.25) is 9.78 Å². The molecule has 0 aliphatic carbocycles. The van der Waals surface area contributed by atoms with Gasteiger partial charge in [0.2, 0.25) is 0 Å². The lowest BCUT2D eigenvalue weighted by atomic mass is 10.1. The number of carbonyl (C=O) groups is 1. The molecule has 5 nitrogen and oxygen atoms in total. The standard InChI is InChI=1S/C24H27N3O2/c1-4-29-22-12-10-20(11-13-22)26-21-14-15-25-23(16-21)24(28)27(18(2)3)17-19-8-6-5-7-9-19/h5-16,18H,4,17H2,1-3H3,(H,25,26). The number of nitrogens with one attached hydrogen (secondary N) is 1. The molecule has 1 amide bonds. The van der Waals surface area contributed by atoms with E-state index in [1.807, 2.05) is 86.3 Å². The Labute approximate surface area is 172 Å². The summed E-state index contributed by atoms with van der Waals surface area (Å²) in [7, 11) is 0. The Balaban J connectivity index is 1.75. The van der Waals surface area contributed by atoms with Crippen molar-refractivity contribution in [2.75, 3.05) is 11.9 Å². The van der Waals surface area contributed by atoms with Gasteiger partial charge in [0.05, 0.1) is 6.61 Å². The second kappa shape index (κ2) is 9.73. The van der Waals surface area contributed by atoms with Gasteiger partial charge in [0.15, 0.2) is 0 Å². The minimum atomic E-state index is -0.0841. The third-order valence-electron chi connectivity index (χ3n) is 4.51. The zero-order valence-electron chi connectivity index (χ0n) is 17.1. The van der Waals surface area contributed by atoms with Crippen LogP contribution in [0.25, 0.3) is 0 Å². The number of rotatable bonds is 8. The Hall–Kier alpha value is -3.34. The number of anilines is 2. The van der Waals surface area contributed by atoms with E-state index >= 15 is 0 Å². The van der Waals surface area contributed by atoms with Crippen molar-refractivity contribution < 1.29 is 9.53 Å². The van der Waals surface area contributed by atoms with Crippen molar-refractivity contribution in [2.24, 2.45) is 0 Å². The Kier molecular flexibility index (Phi) is 6.85. The van der Waals surface area contributed by atoms with Gasteiger partial charge in [-0.25, -0.2) is 0 Å². The largest absolute Gasteiger partial charge is 0.494 e. The highest BCUT2D eigenvalue weighted by molar-refractivity contribution is 5.93. The molecule has 0 saturated heterocycles. The summed E-state index contributed by atoms with van der Waals surface area (Å²) in [6, 6.07) is 21.4. The second-order valence-corrected chi connectivity index (χ2v) is 7.02. The average Bonchev–Trinajstić information content (AvgIpc) is 2.74. The second-order valence-electron chi connectivity index (χ2n) is 7.02. The minimum Gasteiger partial charge on any atom is -0.494 e. The summed E-state index contributed by atoms with van der Waals surface area (Å²) in [6.07, 6.45) is 1.66.